The molecular weight excluding hydrogens is 363 g/mol. The highest BCUT2D eigenvalue weighted by atomic mass is 35.5. The van der Waals surface area contributed by atoms with Crippen molar-refractivity contribution in [1.82, 2.24) is 5.32 Å². The van der Waals surface area contributed by atoms with Crippen LogP contribution in [0.2, 0.25) is 5.02 Å². The summed E-state index contributed by atoms with van der Waals surface area (Å²) in [5.74, 6) is -0.124. The molecule has 1 aliphatic rings. The molecule has 2 aromatic carbocycles. The van der Waals surface area contributed by atoms with E-state index in [1.54, 1.807) is 17.8 Å². The molecule has 1 aliphatic carbocycles. The first-order chi connectivity index (χ1) is 11.1. The maximum Gasteiger partial charge on any atom is 0.253 e. The molecule has 0 heterocycles. The van der Waals surface area contributed by atoms with Crippen LogP contribution in [0.15, 0.2) is 41.3 Å². The van der Waals surface area contributed by atoms with E-state index in [1.165, 1.54) is 5.56 Å². The molecule has 0 saturated heterocycles. The van der Waals surface area contributed by atoms with Crippen molar-refractivity contribution in [3.8, 4) is 0 Å². The Morgan fingerprint density at radius 2 is 2.08 bits per heavy atom. The molecule has 6 heteroatoms. The summed E-state index contributed by atoms with van der Waals surface area (Å²) in [5.41, 5.74) is 9.55. The average molecular weight is 383 g/mol. The smallest absolute Gasteiger partial charge is 0.253 e. The van der Waals surface area contributed by atoms with Gasteiger partial charge in [-0.1, -0.05) is 17.7 Å². The van der Waals surface area contributed by atoms with Crippen LogP contribution >= 0.6 is 35.8 Å². The fourth-order valence-electron chi connectivity index (χ4n) is 3.03. The van der Waals surface area contributed by atoms with E-state index in [4.69, 9.17) is 17.3 Å². The third-order valence-corrected chi connectivity index (χ3v) is 5.26. The number of carbonyl (C=O) groups is 1. The minimum Gasteiger partial charge on any atom is -0.399 e. The predicted octanol–water partition coefficient (Wildman–Crippen LogP) is 4.87. The average Bonchev–Trinajstić information content (AvgIpc) is 2.55. The number of carbonyl (C=O) groups excluding carboxylic acids is 1. The van der Waals surface area contributed by atoms with Gasteiger partial charge in [0.2, 0.25) is 0 Å². The quantitative estimate of drug-likeness (QED) is 0.587. The van der Waals surface area contributed by atoms with E-state index in [1.807, 2.05) is 36.6 Å². The lowest BCUT2D eigenvalue weighted by atomic mass is 9.87. The van der Waals surface area contributed by atoms with Gasteiger partial charge in [-0.3, -0.25) is 4.79 Å². The molecule has 2 aromatic rings. The van der Waals surface area contributed by atoms with Gasteiger partial charge in [-0.25, -0.2) is 0 Å². The van der Waals surface area contributed by atoms with Crippen molar-refractivity contribution >= 4 is 47.4 Å². The summed E-state index contributed by atoms with van der Waals surface area (Å²) < 4.78 is 0. The van der Waals surface area contributed by atoms with E-state index in [0.717, 1.165) is 35.4 Å². The Bertz CT molecular complexity index is 752. The third-order valence-electron chi connectivity index (χ3n) is 4.20. The Morgan fingerprint density at radius 3 is 2.83 bits per heavy atom. The van der Waals surface area contributed by atoms with Gasteiger partial charge in [0.05, 0.1) is 16.6 Å². The minimum absolute atomic E-state index is 0. The van der Waals surface area contributed by atoms with Crippen molar-refractivity contribution in [3.05, 3.63) is 58.1 Å². The highest BCUT2D eigenvalue weighted by molar-refractivity contribution is 7.98. The van der Waals surface area contributed by atoms with Crippen molar-refractivity contribution in [2.45, 2.75) is 30.2 Å². The van der Waals surface area contributed by atoms with E-state index in [0.29, 0.717) is 10.6 Å². The normalized spacial score (nSPS) is 16.0. The van der Waals surface area contributed by atoms with Crippen LogP contribution in [0.3, 0.4) is 0 Å². The van der Waals surface area contributed by atoms with Gasteiger partial charge in [0.1, 0.15) is 0 Å². The van der Waals surface area contributed by atoms with Crippen LogP contribution < -0.4 is 11.1 Å². The number of amides is 1. The number of nitrogens with one attached hydrogen (secondary N) is 1. The van der Waals surface area contributed by atoms with Gasteiger partial charge >= 0.3 is 0 Å². The summed E-state index contributed by atoms with van der Waals surface area (Å²) >= 11 is 7.79. The molecule has 1 amide bonds. The second kappa shape index (κ2) is 8.15. The molecule has 0 fully saturated rings. The maximum absolute atomic E-state index is 12.6. The fraction of sp³-hybridized carbons (Fsp3) is 0.278. The summed E-state index contributed by atoms with van der Waals surface area (Å²) in [7, 11) is 0. The van der Waals surface area contributed by atoms with Gasteiger partial charge in [-0.15, -0.1) is 24.2 Å². The first-order valence-electron chi connectivity index (χ1n) is 7.61. The van der Waals surface area contributed by atoms with Gasteiger partial charge in [0, 0.05) is 10.6 Å². The van der Waals surface area contributed by atoms with Gasteiger partial charge in [0.25, 0.3) is 5.91 Å². The number of aryl methyl sites for hydroxylation is 1. The van der Waals surface area contributed by atoms with Crippen LogP contribution in [-0.4, -0.2) is 12.2 Å². The number of hydrogen-bond acceptors (Lipinski definition) is 3. The van der Waals surface area contributed by atoms with Gasteiger partial charge in [-0.2, -0.15) is 0 Å². The zero-order valence-electron chi connectivity index (χ0n) is 13.3. The Balaban J connectivity index is 0.00000208. The number of anilines is 1. The van der Waals surface area contributed by atoms with E-state index in [9.17, 15) is 4.79 Å². The molecule has 3 nitrogen and oxygen atoms in total. The summed E-state index contributed by atoms with van der Waals surface area (Å²) in [6.07, 6.45) is 4.96. The molecule has 0 aromatic heterocycles. The van der Waals surface area contributed by atoms with Crippen LogP contribution in [0, 0.1) is 0 Å². The summed E-state index contributed by atoms with van der Waals surface area (Å²) in [6.45, 7) is 0. The van der Waals surface area contributed by atoms with Crippen molar-refractivity contribution in [2.24, 2.45) is 0 Å². The predicted molar refractivity (Wildman–Crippen MR) is 104 cm³/mol. The molecule has 0 bridgehead atoms. The summed E-state index contributed by atoms with van der Waals surface area (Å²) in [5, 5.41) is 3.61. The highest BCUT2D eigenvalue weighted by Gasteiger charge is 2.23. The number of benzene rings is 2. The number of thioether (sulfide) groups is 1. The van der Waals surface area contributed by atoms with Crippen LogP contribution in [0.5, 0.6) is 0 Å². The second-order valence-corrected chi connectivity index (χ2v) is 7.01. The summed E-state index contributed by atoms with van der Waals surface area (Å²) in [6, 6.07) is 11.5. The monoisotopic (exact) mass is 382 g/mol. The van der Waals surface area contributed by atoms with E-state index < -0.39 is 0 Å². The van der Waals surface area contributed by atoms with E-state index in [2.05, 4.69) is 5.32 Å². The number of rotatable bonds is 3. The van der Waals surface area contributed by atoms with Crippen LogP contribution in [0.4, 0.5) is 5.69 Å². The number of hydrogen-bond donors (Lipinski definition) is 2. The number of nitrogen functional groups attached to an aromatic ring is 1. The number of nitrogens with two attached hydrogens (primary N) is 1. The zero-order chi connectivity index (χ0) is 16.4. The Kier molecular flexibility index (Phi) is 6.44. The molecule has 0 saturated carbocycles. The molecule has 1 unspecified atom stereocenters. The second-order valence-electron chi connectivity index (χ2n) is 5.72. The summed E-state index contributed by atoms with van der Waals surface area (Å²) in [4.78, 5) is 13.7. The Morgan fingerprint density at radius 1 is 1.29 bits per heavy atom. The molecule has 0 radical (unpaired) electrons. The van der Waals surface area contributed by atoms with Crippen LogP contribution in [0.25, 0.3) is 0 Å². The van der Waals surface area contributed by atoms with Gasteiger partial charge in [-0.05, 0) is 67.0 Å². The first kappa shape index (κ1) is 19.0. The molecule has 128 valence electrons. The zero-order valence-corrected chi connectivity index (χ0v) is 15.7. The maximum atomic E-state index is 12.6. The Hall–Kier alpha value is -1.36. The lowest BCUT2D eigenvalue weighted by Crippen LogP contribution is -2.31. The van der Waals surface area contributed by atoms with Gasteiger partial charge in [0.15, 0.2) is 0 Å². The number of halogens is 2. The molecule has 3 rings (SSSR count). The van der Waals surface area contributed by atoms with Crippen LogP contribution in [0.1, 0.15) is 40.4 Å². The SMILES string of the molecule is CSc1ccc(Cl)c(C(=O)NC2CCCc3cc(N)ccc32)c1.Cl. The van der Waals surface area contributed by atoms with Crippen molar-refractivity contribution in [1.29, 1.82) is 0 Å². The molecule has 24 heavy (non-hydrogen) atoms. The molecule has 1 atom stereocenters. The number of fused-ring (bicyclic) bond motifs is 1. The standard InChI is InChI=1S/C18H19ClN2OS.ClH/c1-23-13-6-8-16(19)15(10-13)18(22)21-17-4-2-3-11-9-12(20)5-7-14(11)17;/h5-10,17H,2-4,20H2,1H3,(H,21,22);1H. The van der Waals surface area contributed by atoms with E-state index in [-0.39, 0.29) is 24.4 Å². The highest BCUT2D eigenvalue weighted by Crippen LogP contribution is 2.32. The molecule has 0 aliphatic heterocycles. The molecule has 3 N–H and O–H groups in total. The van der Waals surface area contributed by atoms with Crippen LogP contribution in [-0.2, 0) is 6.42 Å². The largest absolute Gasteiger partial charge is 0.399 e. The lowest BCUT2D eigenvalue weighted by Gasteiger charge is -2.27. The lowest BCUT2D eigenvalue weighted by molar-refractivity contribution is 0.0932. The molecular formula is C18H20Cl2N2OS. The Labute approximate surface area is 157 Å². The molecule has 0 spiro atoms. The van der Waals surface area contributed by atoms with Crippen molar-refractivity contribution in [3.63, 3.8) is 0 Å². The van der Waals surface area contributed by atoms with Crippen molar-refractivity contribution in [2.75, 3.05) is 12.0 Å². The van der Waals surface area contributed by atoms with E-state index >= 15 is 0 Å². The minimum atomic E-state index is -0.124. The fourth-order valence-corrected chi connectivity index (χ4v) is 3.67. The topological polar surface area (TPSA) is 55.1 Å². The third kappa shape index (κ3) is 4.00. The van der Waals surface area contributed by atoms with Crippen molar-refractivity contribution < 1.29 is 4.79 Å². The first-order valence-corrected chi connectivity index (χ1v) is 9.21. The van der Waals surface area contributed by atoms with Gasteiger partial charge < -0.3 is 11.1 Å².